The number of piperidine rings is 1. The monoisotopic (exact) mass is 353 g/mol. The predicted octanol–water partition coefficient (Wildman–Crippen LogP) is 3.10. The molecule has 4 nitrogen and oxygen atoms in total. The molecule has 0 radical (unpaired) electrons. The third-order valence-corrected chi connectivity index (χ3v) is 4.86. The minimum absolute atomic E-state index is 0.0103. The average Bonchev–Trinajstić information content (AvgIpc) is 2.49. The Hall–Kier alpha value is -1.36. The number of carboxylic acid groups (broad SMARTS) is 1. The molecule has 1 aromatic carbocycles. The highest BCUT2D eigenvalue weighted by Crippen LogP contribution is 2.33. The Morgan fingerprint density at radius 3 is 2.57 bits per heavy atom. The van der Waals surface area contributed by atoms with E-state index in [1.807, 2.05) is 31.2 Å². The summed E-state index contributed by atoms with van der Waals surface area (Å²) < 4.78 is 0.979. The minimum Gasteiger partial charge on any atom is -0.481 e. The van der Waals surface area contributed by atoms with Gasteiger partial charge in [-0.2, -0.15) is 0 Å². The molecule has 1 aromatic rings. The number of hydrogen-bond acceptors (Lipinski definition) is 2. The van der Waals surface area contributed by atoms with Gasteiger partial charge in [0.25, 0.3) is 0 Å². The van der Waals surface area contributed by atoms with Crippen molar-refractivity contribution in [3.05, 3.63) is 34.3 Å². The van der Waals surface area contributed by atoms with Gasteiger partial charge in [-0.15, -0.1) is 0 Å². The van der Waals surface area contributed by atoms with Crippen LogP contribution in [0.15, 0.2) is 28.7 Å². The summed E-state index contributed by atoms with van der Waals surface area (Å²) in [5.41, 5.74) is 0.180. The highest BCUT2D eigenvalue weighted by Gasteiger charge is 2.41. The number of hydrogen-bond donors (Lipinski definition) is 1. The Balaban J connectivity index is 2.05. The van der Waals surface area contributed by atoms with Crippen molar-refractivity contribution in [3.63, 3.8) is 0 Å². The van der Waals surface area contributed by atoms with Crippen LogP contribution in [0, 0.1) is 5.41 Å². The molecule has 0 bridgehead atoms. The number of carbonyl (C=O) groups is 2. The molecule has 1 saturated heterocycles. The predicted molar refractivity (Wildman–Crippen MR) is 84.0 cm³/mol. The molecule has 1 fully saturated rings. The van der Waals surface area contributed by atoms with E-state index in [-0.39, 0.29) is 5.91 Å². The fraction of sp³-hybridized carbons (Fsp3) is 0.500. The second-order valence-electron chi connectivity index (χ2n) is 5.66. The van der Waals surface area contributed by atoms with E-state index in [9.17, 15) is 14.7 Å². The first-order valence-corrected chi connectivity index (χ1v) is 8.02. The summed E-state index contributed by atoms with van der Waals surface area (Å²) in [5.74, 6) is -0.776. The van der Waals surface area contributed by atoms with Gasteiger partial charge in [0.2, 0.25) is 5.91 Å². The number of halogens is 1. The molecule has 1 aliphatic heterocycles. The zero-order chi connectivity index (χ0) is 15.5. The summed E-state index contributed by atoms with van der Waals surface area (Å²) in [6, 6.07) is 7.64. The summed E-state index contributed by atoms with van der Waals surface area (Å²) in [6.45, 7) is 2.87. The average molecular weight is 354 g/mol. The van der Waals surface area contributed by atoms with E-state index in [0.29, 0.717) is 32.4 Å². The number of aliphatic carboxylic acids is 1. The van der Waals surface area contributed by atoms with E-state index in [0.717, 1.165) is 16.5 Å². The van der Waals surface area contributed by atoms with Crippen molar-refractivity contribution in [2.75, 3.05) is 13.1 Å². The van der Waals surface area contributed by atoms with Gasteiger partial charge in [-0.1, -0.05) is 35.0 Å². The van der Waals surface area contributed by atoms with Crippen LogP contribution >= 0.6 is 15.9 Å². The van der Waals surface area contributed by atoms with E-state index in [2.05, 4.69) is 15.9 Å². The van der Waals surface area contributed by atoms with Crippen molar-refractivity contribution in [2.24, 2.45) is 5.41 Å². The van der Waals surface area contributed by atoms with Gasteiger partial charge in [-0.05, 0) is 37.0 Å². The Bertz CT molecular complexity index is 529. The first-order valence-electron chi connectivity index (χ1n) is 7.22. The van der Waals surface area contributed by atoms with E-state index >= 15 is 0 Å². The molecule has 114 valence electrons. The van der Waals surface area contributed by atoms with Crippen LogP contribution in [0.3, 0.4) is 0 Å². The van der Waals surface area contributed by atoms with Gasteiger partial charge >= 0.3 is 5.97 Å². The van der Waals surface area contributed by atoms with Gasteiger partial charge in [-0.3, -0.25) is 9.59 Å². The maximum absolute atomic E-state index is 12.4. The highest BCUT2D eigenvalue weighted by atomic mass is 79.9. The Morgan fingerprint density at radius 1 is 1.33 bits per heavy atom. The van der Waals surface area contributed by atoms with Gasteiger partial charge in [0.05, 0.1) is 11.8 Å². The Morgan fingerprint density at radius 2 is 2.00 bits per heavy atom. The van der Waals surface area contributed by atoms with Crippen LogP contribution in [-0.4, -0.2) is 35.0 Å². The second kappa shape index (κ2) is 6.60. The molecule has 0 spiro atoms. The van der Waals surface area contributed by atoms with E-state index in [1.54, 1.807) is 4.90 Å². The van der Waals surface area contributed by atoms with Gasteiger partial charge in [0.15, 0.2) is 0 Å². The number of carbonyl (C=O) groups excluding carboxylic acids is 1. The summed E-state index contributed by atoms with van der Waals surface area (Å²) >= 11 is 3.37. The molecule has 1 unspecified atom stereocenters. The number of benzene rings is 1. The zero-order valence-corrected chi connectivity index (χ0v) is 13.7. The molecule has 0 aliphatic carbocycles. The molecule has 1 atom stereocenters. The molecular formula is C16H20BrNO3. The number of carboxylic acids is 1. The van der Waals surface area contributed by atoms with Crippen LogP contribution in [-0.2, 0) is 16.0 Å². The highest BCUT2D eigenvalue weighted by molar-refractivity contribution is 9.10. The van der Waals surface area contributed by atoms with Crippen LogP contribution in [0.5, 0.6) is 0 Å². The maximum atomic E-state index is 12.4. The Kier molecular flexibility index (Phi) is 5.04. The number of likely N-dealkylation sites (tertiary alicyclic amines) is 1. The third kappa shape index (κ3) is 3.64. The molecule has 0 saturated carbocycles. The lowest BCUT2D eigenvalue weighted by Crippen LogP contribution is -2.50. The summed E-state index contributed by atoms with van der Waals surface area (Å²) in [6.07, 6.45) is 2.30. The smallest absolute Gasteiger partial charge is 0.311 e. The lowest BCUT2D eigenvalue weighted by molar-refractivity contribution is -0.155. The Labute approximate surface area is 133 Å². The van der Waals surface area contributed by atoms with Crippen molar-refractivity contribution < 1.29 is 14.7 Å². The standard InChI is InChI=1S/C16H20BrNO3/c1-2-16(15(20)21)8-3-9-18(11-16)14(19)10-12-4-6-13(17)7-5-12/h4-7H,2-3,8-11H2,1H3,(H,20,21). The molecule has 5 heteroatoms. The van der Waals surface area contributed by atoms with Crippen molar-refractivity contribution in [2.45, 2.75) is 32.6 Å². The van der Waals surface area contributed by atoms with E-state index in [1.165, 1.54) is 0 Å². The third-order valence-electron chi connectivity index (χ3n) is 4.33. The van der Waals surface area contributed by atoms with E-state index < -0.39 is 11.4 Å². The van der Waals surface area contributed by atoms with Crippen LogP contribution in [0.1, 0.15) is 31.7 Å². The molecule has 0 aromatic heterocycles. The maximum Gasteiger partial charge on any atom is 0.311 e. The van der Waals surface area contributed by atoms with Crippen LogP contribution < -0.4 is 0 Å². The number of nitrogens with zero attached hydrogens (tertiary/aromatic N) is 1. The fourth-order valence-corrected chi connectivity index (χ4v) is 3.11. The van der Waals surface area contributed by atoms with Crippen molar-refractivity contribution in [3.8, 4) is 0 Å². The molecule has 2 rings (SSSR count). The normalized spacial score (nSPS) is 22.1. The van der Waals surface area contributed by atoms with Gasteiger partial charge in [-0.25, -0.2) is 0 Å². The van der Waals surface area contributed by atoms with Crippen LogP contribution in [0.4, 0.5) is 0 Å². The quantitative estimate of drug-likeness (QED) is 0.904. The SMILES string of the molecule is CCC1(C(=O)O)CCCN(C(=O)Cc2ccc(Br)cc2)C1. The fourth-order valence-electron chi connectivity index (χ4n) is 2.85. The van der Waals surface area contributed by atoms with Gasteiger partial charge in [0.1, 0.15) is 0 Å². The topological polar surface area (TPSA) is 57.6 Å². The first kappa shape index (κ1) is 16.0. The largest absolute Gasteiger partial charge is 0.481 e. The van der Waals surface area contributed by atoms with Crippen molar-refractivity contribution in [1.29, 1.82) is 0 Å². The van der Waals surface area contributed by atoms with Crippen molar-refractivity contribution in [1.82, 2.24) is 4.90 Å². The molecule has 1 amide bonds. The first-order chi connectivity index (χ1) is 9.97. The number of rotatable bonds is 4. The van der Waals surface area contributed by atoms with Crippen molar-refractivity contribution >= 4 is 27.8 Å². The van der Waals surface area contributed by atoms with Crippen LogP contribution in [0.2, 0.25) is 0 Å². The molecule has 21 heavy (non-hydrogen) atoms. The summed E-state index contributed by atoms with van der Waals surface area (Å²) in [5, 5.41) is 9.47. The van der Waals surface area contributed by atoms with Gasteiger partial charge < -0.3 is 10.0 Å². The van der Waals surface area contributed by atoms with Gasteiger partial charge in [0, 0.05) is 17.6 Å². The van der Waals surface area contributed by atoms with Crippen LogP contribution in [0.25, 0.3) is 0 Å². The number of amides is 1. The minimum atomic E-state index is -0.786. The lowest BCUT2D eigenvalue weighted by atomic mass is 9.77. The summed E-state index contributed by atoms with van der Waals surface area (Å²) in [7, 11) is 0. The lowest BCUT2D eigenvalue weighted by Gasteiger charge is -2.39. The molecule has 1 aliphatic rings. The van der Waals surface area contributed by atoms with E-state index in [4.69, 9.17) is 0 Å². The molecular weight excluding hydrogens is 334 g/mol. The molecule has 1 heterocycles. The second-order valence-corrected chi connectivity index (χ2v) is 6.58. The zero-order valence-electron chi connectivity index (χ0n) is 12.1. The summed E-state index contributed by atoms with van der Waals surface area (Å²) in [4.78, 5) is 25.6. The molecule has 1 N–H and O–H groups in total.